The number of nitrogens with zero attached hydrogens (tertiary/aromatic N) is 1. The lowest BCUT2D eigenvalue weighted by Gasteiger charge is -2.15. The number of carbonyl (C=O) groups is 1. The van der Waals surface area contributed by atoms with Crippen molar-refractivity contribution in [2.75, 3.05) is 26.0 Å². The Balaban J connectivity index is 2.49. The van der Waals surface area contributed by atoms with E-state index in [-0.39, 0.29) is 18.2 Å². The molecule has 0 aromatic carbocycles. The van der Waals surface area contributed by atoms with Gasteiger partial charge in [-0.3, -0.25) is 4.79 Å². The molecule has 1 fully saturated rings. The van der Waals surface area contributed by atoms with Crippen LogP contribution in [0.15, 0.2) is 0 Å². The molecule has 0 aromatic rings. The standard InChI is InChI=1S/C8H16N2O4S/c1-14-8(11)3-5-15(12,13)10-4-2-7(9)6-10/h7H,2-6,9H2,1H3/t7-/m0/s1. The zero-order chi connectivity index (χ0) is 11.5. The van der Waals surface area contributed by atoms with Gasteiger partial charge in [0.25, 0.3) is 0 Å². The average molecular weight is 236 g/mol. The van der Waals surface area contributed by atoms with E-state index < -0.39 is 16.0 Å². The van der Waals surface area contributed by atoms with Gasteiger partial charge in [-0.2, -0.15) is 0 Å². The van der Waals surface area contributed by atoms with Crippen molar-refractivity contribution in [3.05, 3.63) is 0 Å². The predicted molar refractivity (Wildman–Crippen MR) is 54.6 cm³/mol. The molecule has 0 amide bonds. The van der Waals surface area contributed by atoms with E-state index in [9.17, 15) is 13.2 Å². The minimum Gasteiger partial charge on any atom is -0.469 e. The van der Waals surface area contributed by atoms with Crippen LogP contribution in [0.3, 0.4) is 0 Å². The Morgan fingerprint density at radius 1 is 1.60 bits per heavy atom. The number of nitrogens with two attached hydrogens (primary N) is 1. The molecule has 88 valence electrons. The SMILES string of the molecule is COC(=O)CCS(=O)(=O)N1CC[C@H](N)C1. The number of carbonyl (C=O) groups excluding carboxylic acids is 1. The smallest absolute Gasteiger partial charge is 0.306 e. The van der Waals surface area contributed by atoms with Crippen LogP contribution < -0.4 is 5.73 Å². The summed E-state index contributed by atoms with van der Waals surface area (Å²) in [5, 5.41) is 0. The fourth-order valence-electron chi connectivity index (χ4n) is 1.45. The minimum absolute atomic E-state index is 0.0853. The van der Waals surface area contributed by atoms with Crippen molar-refractivity contribution < 1.29 is 17.9 Å². The van der Waals surface area contributed by atoms with E-state index in [0.717, 1.165) is 0 Å². The molecule has 15 heavy (non-hydrogen) atoms. The molecule has 1 atom stereocenters. The van der Waals surface area contributed by atoms with Gasteiger partial charge in [-0.15, -0.1) is 0 Å². The molecule has 0 bridgehead atoms. The molecule has 6 nitrogen and oxygen atoms in total. The molecular formula is C8H16N2O4S. The number of hydrogen-bond donors (Lipinski definition) is 1. The van der Waals surface area contributed by atoms with Crippen molar-refractivity contribution in [2.24, 2.45) is 5.73 Å². The number of esters is 1. The van der Waals surface area contributed by atoms with Crippen LogP contribution in [0.4, 0.5) is 0 Å². The second-order valence-corrected chi connectivity index (χ2v) is 5.64. The average Bonchev–Trinajstić information content (AvgIpc) is 2.62. The van der Waals surface area contributed by atoms with Crippen molar-refractivity contribution in [2.45, 2.75) is 18.9 Å². The first-order valence-electron chi connectivity index (χ1n) is 4.76. The molecule has 1 heterocycles. The second kappa shape index (κ2) is 4.91. The molecule has 0 aromatic heterocycles. The molecule has 0 saturated carbocycles. The van der Waals surface area contributed by atoms with Gasteiger partial charge in [0.2, 0.25) is 10.0 Å². The van der Waals surface area contributed by atoms with Gasteiger partial charge in [-0.1, -0.05) is 0 Å². The Kier molecular flexibility index (Phi) is 4.06. The third kappa shape index (κ3) is 3.44. The van der Waals surface area contributed by atoms with E-state index in [4.69, 9.17) is 5.73 Å². The van der Waals surface area contributed by atoms with Crippen LogP contribution >= 0.6 is 0 Å². The Morgan fingerprint density at radius 2 is 2.27 bits per heavy atom. The van der Waals surface area contributed by atoms with Gasteiger partial charge in [-0.05, 0) is 6.42 Å². The predicted octanol–water partition coefficient (Wildman–Crippen LogP) is -1.09. The quantitative estimate of drug-likeness (QED) is 0.627. The van der Waals surface area contributed by atoms with Crippen molar-refractivity contribution in [1.29, 1.82) is 0 Å². The minimum atomic E-state index is -3.35. The summed E-state index contributed by atoms with van der Waals surface area (Å²) < 4.78 is 29.0. The lowest BCUT2D eigenvalue weighted by molar-refractivity contribution is -0.140. The number of rotatable bonds is 4. The molecular weight excluding hydrogens is 220 g/mol. The van der Waals surface area contributed by atoms with Gasteiger partial charge in [0.05, 0.1) is 19.3 Å². The van der Waals surface area contributed by atoms with Crippen molar-refractivity contribution >= 4 is 16.0 Å². The Bertz CT molecular complexity index is 328. The van der Waals surface area contributed by atoms with E-state index in [0.29, 0.717) is 19.5 Å². The highest BCUT2D eigenvalue weighted by Gasteiger charge is 2.29. The maximum absolute atomic E-state index is 11.7. The largest absolute Gasteiger partial charge is 0.469 e. The molecule has 1 aliphatic rings. The molecule has 0 radical (unpaired) electrons. The third-order valence-electron chi connectivity index (χ3n) is 2.37. The van der Waals surface area contributed by atoms with Crippen LogP contribution in [0.5, 0.6) is 0 Å². The number of hydrogen-bond acceptors (Lipinski definition) is 5. The maximum atomic E-state index is 11.7. The first-order chi connectivity index (χ1) is 6.95. The number of ether oxygens (including phenoxy) is 1. The summed E-state index contributed by atoms with van der Waals surface area (Å²) in [6.07, 6.45) is 0.571. The fraction of sp³-hybridized carbons (Fsp3) is 0.875. The highest BCUT2D eigenvalue weighted by molar-refractivity contribution is 7.89. The second-order valence-electron chi connectivity index (χ2n) is 3.55. The van der Waals surface area contributed by atoms with Gasteiger partial charge in [0, 0.05) is 19.1 Å². The van der Waals surface area contributed by atoms with Crippen LogP contribution in [0.1, 0.15) is 12.8 Å². The van der Waals surface area contributed by atoms with Crippen LogP contribution in [0.25, 0.3) is 0 Å². The van der Waals surface area contributed by atoms with E-state index in [1.54, 1.807) is 0 Å². The van der Waals surface area contributed by atoms with Gasteiger partial charge in [0.15, 0.2) is 0 Å². The zero-order valence-electron chi connectivity index (χ0n) is 8.68. The lowest BCUT2D eigenvalue weighted by Crippen LogP contribution is -2.34. The van der Waals surface area contributed by atoms with E-state index in [2.05, 4.69) is 4.74 Å². The van der Waals surface area contributed by atoms with E-state index in [1.165, 1.54) is 11.4 Å². The number of methoxy groups -OCH3 is 1. The Morgan fingerprint density at radius 3 is 2.73 bits per heavy atom. The van der Waals surface area contributed by atoms with Gasteiger partial charge in [0.1, 0.15) is 0 Å². The van der Waals surface area contributed by atoms with Crippen LogP contribution in [0, 0.1) is 0 Å². The molecule has 1 aliphatic heterocycles. The summed E-state index contributed by atoms with van der Waals surface area (Å²) in [5.74, 6) is -0.714. The summed E-state index contributed by atoms with van der Waals surface area (Å²) >= 11 is 0. The molecule has 7 heteroatoms. The Labute approximate surface area is 89.4 Å². The van der Waals surface area contributed by atoms with Crippen LogP contribution in [-0.2, 0) is 19.6 Å². The third-order valence-corrected chi connectivity index (χ3v) is 4.21. The molecule has 1 rings (SSSR count). The molecule has 2 N–H and O–H groups in total. The van der Waals surface area contributed by atoms with Crippen LogP contribution in [-0.4, -0.2) is 50.7 Å². The fourth-order valence-corrected chi connectivity index (χ4v) is 2.94. The summed E-state index contributed by atoms with van der Waals surface area (Å²) in [6.45, 7) is 0.800. The first-order valence-corrected chi connectivity index (χ1v) is 6.37. The highest BCUT2D eigenvalue weighted by atomic mass is 32.2. The van der Waals surface area contributed by atoms with E-state index >= 15 is 0 Å². The lowest BCUT2D eigenvalue weighted by atomic mass is 10.3. The zero-order valence-corrected chi connectivity index (χ0v) is 9.50. The van der Waals surface area contributed by atoms with Gasteiger partial charge >= 0.3 is 5.97 Å². The Hall–Kier alpha value is -0.660. The van der Waals surface area contributed by atoms with E-state index in [1.807, 2.05) is 0 Å². The van der Waals surface area contributed by atoms with Crippen LogP contribution in [0.2, 0.25) is 0 Å². The van der Waals surface area contributed by atoms with Crippen molar-refractivity contribution in [3.63, 3.8) is 0 Å². The summed E-state index contributed by atoms with van der Waals surface area (Å²) in [5.41, 5.74) is 5.61. The molecule has 1 saturated heterocycles. The highest BCUT2D eigenvalue weighted by Crippen LogP contribution is 2.13. The summed E-state index contributed by atoms with van der Waals surface area (Å²) in [7, 11) is -2.11. The van der Waals surface area contributed by atoms with Crippen molar-refractivity contribution in [3.8, 4) is 0 Å². The molecule has 0 unspecified atom stereocenters. The van der Waals surface area contributed by atoms with Crippen molar-refractivity contribution in [1.82, 2.24) is 4.31 Å². The molecule has 0 aliphatic carbocycles. The van der Waals surface area contributed by atoms with Gasteiger partial charge in [-0.25, -0.2) is 12.7 Å². The monoisotopic (exact) mass is 236 g/mol. The summed E-state index contributed by atoms with van der Waals surface area (Å²) in [4.78, 5) is 10.8. The normalized spacial score (nSPS) is 22.9. The summed E-state index contributed by atoms with van der Waals surface area (Å²) in [6, 6.07) is -0.0853. The number of sulfonamides is 1. The first kappa shape index (κ1) is 12.4. The maximum Gasteiger partial charge on any atom is 0.306 e. The molecule has 0 spiro atoms. The topological polar surface area (TPSA) is 89.7 Å². The van der Waals surface area contributed by atoms with Gasteiger partial charge < -0.3 is 10.5 Å².